The second-order valence-corrected chi connectivity index (χ2v) is 5.56. The minimum atomic E-state index is -0.870. The van der Waals surface area contributed by atoms with Crippen molar-refractivity contribution in [3.8, 4) is 0 Å². The van der Waals surface area contributed by atoms with Gasteiger partial charge < -0.3 is 5.11 Å². The summed E-state index contributed by atoms with van der Waals surface area (Å²) in [6, 6.07) is 3.84. The molecule has 0 bridgehead atoms. The number of aliphatic carboxylic acids is 1. The third kappa shape index (κ3) is 2.64. The van der Waals surface area contributed by atoms with Gasteiger partial charge in [-0.15, -0.1) is 0 Å². The van der Waals surface area contributed by atoms with Crippen molar-refractivity contribution in [2.75, 3.05) is 5.43 Å². The average Bonchev–Trinajstić information content (AvgIpc) is 2.87. The summed E-state index contributed by atoms with van der Waals surface area (Å²) in [5.41, 5.74) is 4.69. The first-order chi connectivity index (χ1) is 8.90. The van der Waals surface area contributed by atoms with Crippen LogP contribution < -0.4 is 5.43 Å². The molecule has 1 heterocycles. The van der Waals surface area contributed by atoms with Crippen LogP contribution in [0.4, 0.5) is 0 Å². The van der Waals surface area contributed by atoms with E-state index >= 15 is 0 Å². The topological polar surface area (TPSA) is 71.3 Å². The smallest absolute Gasteiger partial charge is 0.307 e. The minimum Gasteiger partial charge on any atom is -0.481 e. The van der Waals surface area contributed by atoms with Gasteiger partial charge >= 0.3 is 5.97 Å². The van der Waals surface area contributed by atoms with Gasteiger partial charge in [0.2, 0.25) is 5.91 Å². The van der Waals surface area contributed by atoms with Gasteiger partial charge in [0.25, 0.3) is 0 Å². The molecule has 0 aliphatic heterocycles. The third-order valence-corrected chi connectivity index (χ3v) is 3.95. The molecule has 1 amide bonds. The van der Waals surface area contributed by atoms with Crippen LogP contribution in [0.1, 0.15) is 31.2 Å². The highest BCUT2D eigenvalue weighted by atomic mass is 16.4. The van der Waals surface area contributed by atoms with E-state index in [9.17, 15) is 14.7 Å². The highest BCUT2D eigenvalue weighted by Gasteiger charge is 2.41. The van der Waals surface area contributed by atoms with E-state index in [-0.39, 0.29) is 11.8 Å². The van der Waals surface area contributed by atoms with Crippen molar-refractivity contribution < 1.29 is 14.7 Å². The Labute approximate surface area is 112 Å². The number of carboxylic acids is 1. The Kier molecular flexibility index (Phi) is 3.64. The molecule has 1 aromatic rings. The number of aryl methyl sites for hydroxylation is 2. The normalized spacial score (nSPS) is 26.4. The van der Waals surface area contributed by atoms with Crippen LogP contribution in [0.3, 0.4) is 0 Å². The molecule has 2 N–H and O–H groups in total. The van der Waals surface area contributed by atoms with Crippen molar-refractivity contribution >= 4 is 11.9 Å². The van der Waals surface area contributed by atoms with Gasteiger partial charge in [0.05, 0.1) is 11.8 Å². The van der Waals surface area contributed by atoms with Crippen LogP contribution in [-0.2, 0) is 9.59 Å². The molecule has 0 saturated heterocycles. The highest BCUT2D eigenvalue weighted by molar-refractivity contribution is 5.90. The lowest BCUT2D eigenvalue weighted by atomic mass is 9.96. The quantitative estimate of drug-likeness (QED) is 0.876. The summed E-state index contributed by atoms with van der Waals surface area (Å²) in [7, 11) is 0. The summed E-state index contributed by atoms with van der Waals surface area (Å²) in [6.45, 7) is 5.80. The maximum atomic E-state index is 12.3. The van der Waals surface area contributed by atoms with Crippen LogP contribution >= 0.6 is 0 Å². The Bertz CT molecular complexity index is 487. The van der Waals surface area contributed by atoms with Gasteiger partial charge in [0, 0.05) is 11.4 Å². The SMILES string of the molecule is Cc1ccc(C)n1NC(=O)[C@H]1CC(C)C[C@H]1C(=O)O. The van der Waals surface area contributed by atoms with Crippen LogP contribution in [-0.4, -0.2) is 21.7 Å². The molecule has 1 aromatic heterocycles. The summed E-state index contributed by atoms with van der Waals surface area (Å²) < 4.78 is 1.71. The number of hydrogen-bond donors (Lipinski definition) is 2. The predicted octanol–water partition coefficient (Wildman–Crippen LogP) is 1.92. The first kappa shape index (κ1) is 13.6. The Morgan fingerprint density at radius 3 is 2.26 bits per heavy atom. The monoisotopic (exact) mass is 264 g/mol. The first-order valence-electron chi connectivity index (χ1n) is 6.58. The van der Waals surface area contributed by atoms with E-state index in [1.807, 2.05) is 32.9 Å². The first-order valence-corrected chi connectivity index (χ1v) is 6.58. The standard InChI is InChI=1S/C14H20N2O3/c1-8-6-11(12(7-8)14(18)19)13(17)15-16-9(2)4-5-10(16)3/h4-5,8,11-12H,6-7H2,1-3H3,(H,15,17)(H,18,19)/t8?,11-,12+/m0/s1. The summed E-state index contributed by atoms with van der Waals surface area (Å²) in [5, 5.41) is 9.20. The van der Waals surface area contributed by atoms with Crippen molar-refractivity contribution in [1.82, 2.24) is 4.68 Å². The van der Waals surface area contributed by atoms with Gasteiger partial charge in [-0.05, 0) is 44.7 Å². The summed E-state index contributed by atoms with van der Waals surface area (Å²) in [5.74, 6) is -1.78. The van der Waals surface area contributed by atoms with Crippen molar-refractivity contribution in [3.05, 3.63) is 23.5 Å². The van der Waals surface area contributed by atoms with E-state index in [4.69, 9.17) is 0 Å². The number of carboxylic acid groups (broad SMARTS) is 1. The zero-order chi connectivity index (χ0) is 14.2. The zero-order valence-corrected chi connectivity index (χ0v) is 11.5. The lowest BCUT2D eigenvalue weighted by Crippen LogP contribution is -2.35. The second-order valence-electron chi connectivity index (χ2n) is 5.56. The molecule has 3 atom stereocenters. The number of rotatable bonds is 3. The van der Waals surface area contributed by atoms with E-state index in [1.54, 1.807) is 4.68 Å². The fraction of sp³-hybridized carbons (Fsp3) is 0.571. The van der Waals surface area contributed by atoms with Crippen LogP contribution in [0.25, 0.3) is 0 Å². The van der Waals surface area contributed by atoms with Crippen LogP contribution in [0.5, 0.6) is 0 Å². The average molecular weight is 264 g/mol. The van der Waals surface area contributed by atoms with Crippen LogP contribution in [0.15, 0.2) is 12.1 Å². The summed E-state index contributed by atoms with van der Waals surface area (Å²) >= 11 is 0. The largest absolute Gasteiger partial charge is 0.481 e. The molecule has 1 unspecified atom stereocenters. The number of hydrogen-bond acceptors (Lipinski definition) is 2. The maximum Gasteiger partial charge on any atom is 0.307 e. The summed E-state index contributed by atoms with van der Waals surface area (Å²) in [4.78, 5) is 23.5. The lowest BCUT2D eigenvalue weighted by molar-refractivity contribution is -0.145. The molecule has 2 rings (SSSR count). The number of nitrogens with one attached hydrogen (secondary N) is 1. The molecule has 0 aromatic carbocycles. The summed E-state index contributed by atoms with van der Waals surface area (Å²) in [6.07, 6.45) is 1.22. The van der Waals surface area contributed by atoms with Gasteiger partial charge in [-0.3, -0.25) is 19.7 Å². The Morgan fingerprint density at radius 2 is 1.74 bits per heavy atom. The van der Waals surface area contributed by atoms with Gasteiger partial charge in [-0.1, -0.05) is 6.92 Å². The van der Waals surface area contributed by atoms with Gasteiger partial charge in [0.15, 0.2) is 0 Å². The molecule has 0 spiro atoms. The zero-order valence-electron chi connectivity index (χ0n) is 11.5. The molecule has 5 heteroatoms. The molecule has 1 aliphatic carbocycles. The number of nitrogens with zero attached hydrogens (tertiary/aromatic N) is 1. The number of carbonyl (C=O) groups is 2. The van der Waals surface area contributed by atoms with E-state index in [1.165, 1.54) is 0 Å². The fourth-order valence-electron chi connectivity index (χ4n) is 2.89. The van der Waals surface area contributed by atoms with Crippen molar-refractivity contribution in [2.24, 2.45) is 17.8 Å². The van der Waals surface area contributed by atoms with Gasteiger partial charge in [-0.2, -0.15) is 0 Å². The molecule has 1 saturated carbocycles. The van der Waals surface area contributed by atoms with Crippen LogP contribution in [0, 0.1) is 31.6 Å². The third-order valence-electron chi connectivity index (χ3n) is 3.95. The van der Waals surface area contributed by atoms with Gasteiger partial charge in [0.1, 0.15) is 0 Å². The number of aromatic nitrogens is 1. The number of amides is 1. The molecule has 5 nitrogen and oxygen atoms in total. The fourth-order valence-corrected chi connectivity index (χ4v) is 2.89. The van der Waals surface area contributed by atoms with Gasteiger partial charge in [-0.25, -0.2) is 0 Å². The lowest BCUT2D eigenvalue weighted by Gasteiger charge is -2.18. The molecule has 104 valence electrons. The predicted molar refractivity (Wildman–Crippen MR) is 71.3 cm³/mol. The number of carbonyl (C=O) groups excluding carboxylic acids is 1. The minimum absolute atomic E-state index is 0.195. The van der Waals surface area contributed by atoms with Crippen molar-refractivity contribution in [2.45, 2.75) is 33.6 Å². The Balaban J connectivity index is 2.13. The molecule has 19 heavy (non-hydrogen) atoms. The highest BCUT2D eigenvalue weighted by Crippen LogP contribution is 2.36. The van der Waals surface area contributed by atoms with Crippen molar-refractivity contribution in [1.29, 1.82) is 0 Å². The molecule has 1 aliphatic rings. The Morgan fingerprint density at radius 1 is 1.21 bits per heavy atom. The Hall–Kier alpha value is -1.78. The second kappa shape index (κ2) is 5.07. The van der Waals surface area contributed by atoms with Crippen LogP contribution in [0.2, 0.25) is 0 Å². The maximum absolute atomic E-state index is 12.3. The van der Waals surface area contributed by atoms with E-state index in [2.05, 4.69) is 5.43 Å². The molecule has 1 fully saturated rings. The molecular formula is C14H20N2O3. The van der Waals surface area contributed by atoms with Crippen molar-refractivity contribution in [3.63, 3.8) is 0 Å². The van der Waals surface area contributed by atoms with E-state index in [0.717, 1.165) is 11.4 Å². The molecular weight excluding hydrogens is 244 g/mol. The van der Waals surface area contributed by atoms with E-state index in [0.29, 0.717) is 12.8 Å². The van der Waals surface area contributed by atoms with E-state index < -0.39 is 17.8 Å². The molecule has 0 radical (unpaired) electrons.